The highest BCUT2D eigenvalue weighted by atomic mass is 35.5. The van der Waals surface area contributed by atoms with Gasteiger partial charge < -0.3 is 4.74 Å². The maximum absolute atomic E-state index is 5.81. The van der Waals surface area contributed by atoms with E-state index in [-0.39, 0.29) is 0 Å². The molecular formula is C14H12ClO. The van der Waals surface area contributed by atoms with E-state index in [1.807, 2.05) is 48.5 Å². The lowest BCUT2D eigenvalue weighted by molar-refractivity contribution is 0.477. The van der Waals surface area contributed by atoms with E-state index in [0.29, 0.717) is 11.4 Å². The Balaban J connectivity index is 2.23. The number of para-hydroxylation sites is 1. The summed E-state index contributed by atoms with van der Waals surface area (Å²) in [4.78, 5) is 0. The van der Waals surface area contributed by atoms with Gasteiger partial charge in [-0.3, -0.25) is 0 Å². The van der Waals surface area contributed by atoms with E-state index in [1.54, 1.807) is 0 Å². The van der Waals surface area contributed by atoms with Crippen LogP contribution in [0, 0.1) is 6.92 Å². The Hall–Kier alpha value is -1.47. The molecule has 0 saturated heterocycles. The predicted octanol–water partition coefficient (Wildman–Crippen LogP) is 4.51. The lowest BCUT2D eigenvalue weighted by Gasteiger charge is -2.09. The van der Waals surface area contributed by atoms with Gasteiger partial charge in [0.1, 0.15) is 11.5 Å². The molecular weight excluding hydrogens is 220 g/mol. The Kier molecular flexibility index (Phi) is 3.47. The fraction of sp³-hybridized carbons (Fsp3) is 0.0714. The van der Waals surface area contributed by atoms with Crippen molar-refractivity contribution in [1.82, 2.24) is 0 Å². The molecule has 0 unspecified atom stereocenters. The first-order chi connectivity index (χ1) is 7.79. The molecule has 0 aromatic heterocycles. The van der Waals surface area contributed by atoms with Crippen LogP contribution in [-0.4, -0.2) is 0 Å². The van der Waals surface area contributed by atoms with Crippen molar-refractivity contribution in [2.75, 3.05) is 0 Å². The van der Waals surface area contributed by atoms with E-state index in [2.05, 4.69) is 6.92 Å². The van der Waals surface area contributed by atoms with Crippen molar-refractivity contribution in [3.8, 4) is 11.5 Å². The summed E-state index contributed by atoms with van der Waals surface area (Å²) in [5.41, 5.74) is 1.09. The van der Waals surface area contributed by atoms with Crippen molar-refractivity contribution in [3.63, 3.8) is 0 Å². The van der Waals surface area contributed by atoms with Gasteiger partial charge in [0.2, 0.25) is 0 Å². The first-order valence-corrected chi connectivity index (χ1v) is 5.48. The Morgan fingerprint density at radius 3 is 2.38 bits per heavy atom. The normalized spacial score (nSPS) is 10.1. The van der Waals surface area contributed by atoms with Gasteiger partial charge in [-0.15, -0.1) is 0 Å². The van der Waals surface area contributed by atoms with Gasteiger partial charge in [-0.05, 0) is 49.2 Å². The maximum atomic E-state index is 5.81. The molecule has 0 spiro atoms. The number of ether oxygens (including phenoxy) is 1. The molecule has 0 saturated carbocycles. The first kappa shape index (κ1) is 11.0. The van der Waals surface area contributed by atoms with E-state index in [0.717, 1.165) is 17.1 Å². The monoisotopic (exact) mass is 231 g/mol. The zero-order valence-electron chi connectivity index (χ0n) is 8.82. The quantitative estimate of drug-likeness (QED) is 0.755. The molecule has 1 radical (unpaired) electrons. The van der Waals surface area contributed by atoms with Crippen molar-refractivity contribution in [2.45, 2.75) is 6.42 Å². The molecule has 0 amide bonds. The molecule has 0 heterocycles. The molecule has 2 aromatic rings. The molecule has 2 rings (SSSR count). The van der Waals surface area contributed by atoms with Crippen LogP contribution in [0.1, 0.15) is 5.56 Å². The molecule has 0 aliphatic heterocycles. The summed E-state index contributed by atoms with van der Waals surface area (Å²) in [7, 11) is 0. The van der Waals surface area contributed by atoms with E-state index >= 15 is 0 Å². The highest BCUT2D eigenvalue weighted by Gasteiger charge is 2.01. The van der Waals surface area contributed by atoms with Gasteiger partial charge in [0.25, 0.3) is 0 Å². The number of hydrogen-bond donors (Lipinski definition) is 0. The van der Waals surface area contributed by atoms with Crippen molar-refractivity contribution in [2.24, 2.45) is 0 Å². The molecule has 0 aliphatic carbocycles. The number of hydrogen-bond acceptors (Lipinski definition) is 1. The van der Waals surface area contributed by atoms with Gasteiger partial charge in [-0.1, -0.05) is 29.8 Å². The van der Waals surface area contributed by atoms with E-state index < -0.39 is 0 Å². The Labute approximate surface area is 101 Å². The molecule has 0 aliphatic rings. The summed E-state index contributed by atoms with van der Waals surface area (Å²) in [6.07, 6.45) is 0.712. The average Bonchev–Trinajstić information content (AvgIpc) is 2.33. The molecule has 0 N–H and O–H groups in total. The third kappa shape index (κ3) is 2.56. The van der Waals surface area contributed by atoms with Crippen LogP contribution in [0.15, 0.2) is 48.5 Å². The van der Waals surface area contributed by atoms with Gasteiger partial charge in [-0.25, -0.2) is 0 Å². The lowest BCUT2D eigenvalue weighted by atomic mass is 10.1. The highest BCUT2D eigenvalue weighted by molar-refractivity contribution is 6.30. The minimum atomic E-state index is 0.706. The van der Waals surface area contributed by atoms with Crippen molar-refractivity contribution in [1.29, 1.82) is 0 Å². The molecule has 16 heavy (non-hydrogen) atoms. The zero-order valence-corrected chi connectivity index (χ0v) is 9.58. The largest absolute Gasteiger partial charge is 0.457 e. The molecule has 0 bridgehead atoms. The minimum absolute atomic E-state index is 0.706. The second-order valence-electron chi connectivity index (χ2n) is 3.41. The predicted molar refractivity (Wildman–Crippen MR) is 67.0 cm³/mol. The molecule has 0 atom stereocenters. The van der Waals surface area contributed by atoms with Crippen LogP contribution < -0.4 is 4.74 Å². The summed E-state index contributed by atoms with van der Waals surface area (Å²) in [6, 6.07) is 15.2. The van der Waals surface area contributed by atoms with Crippen molar-refractivity contribution < 1.29 is 4.74 Å². The fourth-order valence-corrected chi connectivity index (χ4v) is 1.57. The van der Waals surface area contributed by atoms with Gasteiger partial charge in [-0.2, -0.15) is 0 Å². The van der Waals surface area contributed by atoms with Gasteiger partial charge in [0.15, 0.2) is 0 Å². The second kappa shape index (κ2) is 5.04. The number of halogens is 1. The molecule has 0 fully saturated rings. The summed E-state index contributed by atoms with van der Waals surface area (Å²) >= 11 is 5.81. The summed E-state index contributed by atoms with van der Waals surface area (Å²) in [5, 5.41) is 0.706. The van der Waals surface area contributed by atoms with Crippen molar-refractivity contribution >= 4 is 11.6 Å². The summed E-state index contributed by atoms with van der Waals surface area (Å²) in [6.45, 7) is 3.87. The number of rotatable bonds is 3. The molecule has 81 valence electrons. The Morgan fingerprint density at radius 2 is 1.69 bits per heavy atom. The SMILES string of the molecule is [CH2]Cc1ccccc1Oc1ccc(Cl)cc1. The Bertz CT molecular complexity index is 462. The van der Waals surface area contributed by atoms with Crippen LogP contribution in [0.25, 0.3) is 0 Å². The molecule has 2 aromatic carbocycles. The first-order valence-electron chi connectivity index (χ1n) is 5.10. The highest BCUT2D eigenvalue weighted by Crippen LogP contribution is 2.26. The van der Waals surface area contributed by atoms with Gasteiger partial charge >= 0.3 is 0 Å². The van der Waals surface area contributed by atoms with E-state index in [4.69, 9.17) is 16.3 Å². The van der Waals surface area contributed by atoms with Crippen LogP contribution in [0.4, 0.5) is 0 Å². The standard InChI is InChI=1S/C14H12ClO/c1-2-11-5-3-4-6-14(11)16-13-9-7-12(15)8-10-13/h3-10H,1-2H2. The minimum Gasteiger partial charge on any atom is -0.457 e. The average molecular weight is 232 g/mol. The van der Waals surface area contributed by atoms with Crippen LogP contribution in [-0.2, 0) is 6.42 Å². The van der Waals surface area contributed by atoms with Gasteiger partial charge in [0.05, 0.1) is 0 Å². The molecule has 2 heteroatoms. The second-order valence-corrected chi connectivity index (χ2v) is 3.85. The zero-order chi connectivity index (χ0) is 11.4. The maximum Gasteiger partial charge on any atom is 0.130 e. The van der Waals surface area contributed by atoms with Crippen LogP contribution in [0.2, 0.25) is 5.02 Å². The number of benzene rings is 2. The summed E-state index contributed by atoms with van der Waals surface area (Å²) < 4.78 is 5.76. The van der Waals surface area contributed by atoms with Crippen LogP contribution in [0.3, 0.4) is 0 Å². The van der Waals surface area contributed by atoms with E-state index in [9.17, 15) is 0 Å². The van der Waals surface area contributed by atoms with Gasteiger partial charge in [0, 0.05) is 5.02 Å². The third-order valence-electron chi connectivity index (χ3n) is 2.28. The molecule has 1 nitrogen and oxygen atoms in total. The fourth-order valence-electron chi connectivity index (χ4n) is 1.44. The smallest absolute Gasteiger partial charge is 0.130 e. The Morgan fingerprint density at radius 1 is 1.00 bits per heavy atom. The topological polar surface area (TPSA) is 9.23 Å². The third-order valence-corrected chi connectivity index (χ3v) is 2.54. The van der Waals surface area contributed by atoms with E-state index in [1.165, 1.54) is 0 Å². The van der Waals surface area contributed by atoms with Crippen LogP contribution in [0.5, 0.6) is 11.5 Å². The summed E-state index contributed by atoms with van der Waals surface area (Å²) in [5.74, 6) is 1.63. The lowest BCUT2D eigenvalue weighted by Crippen LogP contribution is -1.89. The van der Waals surface area contributed by atoms with Crippen LogP contribution >= 0.6 is 11.6 Å². The van der Waals surface area contributed by atoms with Crippen molar-refractivity contribution in [3.05, 3.63) is 66.0 Å².